The molecule has 1 aromatic heterocycles. The number of carbonyl (C=O) groups excluding carboxylic acids is 1. The minimum atomic E-state index is -0.261. The van der Waals surface area contributed by atoms with Gasteiger partial charge in [-0.1, -0.05) is 0 Å². The number of thiazole rings is 1. The van der Waals surface area contributed by atoms with E-state index >= 15 is 0 Å². The van der Waals surface area contributed by atoms with Crippen LogP contribution in [0.2, 0.25) is 0 Å². The Bertz CT molecular complexity index is 895. The molecule has 0 radical (unpaired) electrons. The Kier molecular flexibility index (Phi) is 6.47. The summed E-state index contributed by atoms with van der Waals surface area (Å²) < 4.78 is 18.1. The molecule has 1 amide bonds. The first-order chi connectivity index (χ1) is 13.0. The lowest BCUT2D eigenvalue weighted by Gasteiger charge is -2.11. The van der Waals surface area contributed by atoms with Crippen molar-refractivity contribution in [3.63, 3.8) is 0 Å². The van der Waals surface area contributed by atoms with Crippen LogP contribution >= 0.6 is 23.1 Å². The smallest absolute Gasteiger partial charge is 0.237 e. The Balaban J connectivity index is 1.53. The van der Waals surface area contributed by atoms with Crippen LogP contribution in [-0.4, -0.2) is 23.3 Å². The molecule has 140 valence electrons. The number of hydrogen-bond acceptors (Lipinski definition) is 5. The van der Waals surface area contributed by atoms with E-state index in [0.717, 1.165) is 27.7 Å². The summed E-state index contributed by atoms with van der Waals surface area (Å²) in [6.07, 6.45) is 0. The molecule has 0 fully saturated rings. The first-order valence-corrected chi connectivity index (χ1v) is 10.2. The number of thioether (sulfide) groups is 1. The molecule has 0 bridgehead atoms. The standard InChI is InChI=1S/C20H19FN2O2S2/c1-13(19(24)22-16-7-9-18(25-2)10-8-16)26-11-17-12-27-20(23-17)14-3-5-15(21)6-4-14/h3-10,12-13H,11H2,1-2H3,(H,22,24). The number of benzene rings is 2. The van der Waals surface area contributed by atoms with E-state index in [9.17, 15) is 9.18 Å². The van der Waals surface area contributed by atoms with Gasteiger partial charge >= 0.3 is 0 Å². The molecule has 0 aliphatic rings. The third-order valence-electron chi connectivity index (χ3n) is 3.85. The highest BCUT2D eigenvalue weighted by Gasteiger charge is 2.15. The molecule has 1 N–H and O–H groups in total. The molecule has 4 nitrogen and oxygen atoms in total. The van der Waals surface area contributed by atoms with Crippen LogP contribution in [0.15, 0.2) is 53.9 Å². The Morgan fingerprint density at radius 1 is 1.22 bits per heavy atom. The minimum Gasteiger partial charge on any atom is -0.497 e. The maximum absolute atomic E-state index is 13.0. The van der Waals surface area contributed by atoms with Crippen molar-refractivity contribution >= 4 is 34.7 Å². The van der Waals surface area contributed by atoms with E-state index in [-0.39, 0.29) is 17.0 Å². The van der Waals surface area contributed by atoms with Gasteiger partial charge in [-0.25, -0.2) is 9.37 Å². The normalized spacial score (nSPS) is 11.8. The van der Waals surface area contributed by atoms with E-state index in [1.807, 2.05) is 24.4 Å². The van der Waals surface area contributed by atoms with Crippen LogP contribution in [0.5, 0.6) is 5.75 Å². The van der Waals surface area contributed by atoms with E-state index in [4.69, 9.17) is 4.74 Å². The molecule has 3 rings (SSSR count). The summed E-state index contributed by atoms with van der Waals surface area (Å²) in [6.45, 7) is 1.87. The van der Waals surface area contributed by atoms with Gasteiger partial charge in [0.25, 0.3) is 0 Å². The number of halogens is 1. The monoisotopic (exact) mass is 402 g/mol. The van der Waals surface area contributed by atoms with Crippen molar-refractivity contribution in [3.8, 4) is 16.3 Å². The number of hydrogen-bond donors (Lipinski definition) is 1. The molecule has 1 heterocycles. The number of amides is 1. The molecule has 0 aliphatic carbocycles. The third-order valence-corrected chi connectivity index (χ3v) is 5.97. The van der Waals surface area contributed by atoms with E-state index in [1.165, 1.54) is 35.2 Å². The van der Waals surface area contributed by atoms with Crippen molar-refractivity contribution in [3.05, 3.63) is 65.4 Å². The summed E-state index contributed by atoms with van der Waals surface area (Å²) in [5, 5.41) is 5.50. The molecule has 1 unspecified atom stereocenters. The average Bonchev–Trinajstić information content (AvgIpc) is 3.16. The highest BCUT2D eigenvalue weighted by molar-refractivity contribution is 7.99. The molecule has 1 atom stereocenters. The van der Waals surface area contributed by atoms with E-state index in [0.29, 0.717) is 5.75 Å². The third kappa shape index (κ3) is 5.30. The lowest BCUT2D eigenvalue weighted by atomic mass is 10.2. The number of rotatable bonds is 7. The van der Waals surface area contributed by atoms with Crippen molar-refractivity contribution in [1.82, 2.24) is 4.98 Å². The predicted octanol–water partition coefficient (Wildman–Crippen LogP) is 5.22. The topological polar surface area (TPSA) is 51.2 Å². The number of anilines is 1. The van der Waals surface area contributed by atoms with Crippen LogP contribution in [0, 0.1) is 5.82 Å². The number of aromatic nitrogens is 1. The largest absolute Gasteiger partial charge is 0.497 e. The zero-order chi connectivity index (χ0) is 19.2. The van der Waals surface area contributed by atoms with Gasteiger partial charge in [0.1, 0.15) is 16.6 Å². The lowest BCUT2D eigenvalue weighted by Crippen LogP contribution is -2.22. The molecule has 0 saturated heterocycles. The van der Waals surface area contributed by atoms with Crippen molar-refractivity contribution in [2.24, 2.45) is 0 Å². The molecule has 0 spiro atoms. The first kappa shape index (κ1) is 19.4. The average molecular weight is 403 g/mol. The molecule has 27 heavy (non-hydrogen) atoms. The van der Waals surface area contributed by atoms with Crippen molar-refractivity contribution in [2.45, 2.75) is 17.9 Å². The summed E-state index contributed by atoms with van der Waals surface area (Å²) in [4.78, 5) is 16.9. The fourth-order valence-electron chi connectivity index (χ4n) is 2.30. The van der Waals surface area contributed by atoms with Crippen molar-refractivity contribution in [1.29, 1.82) is 0 Å². The summed E-state index contributed by atoms with van der Waals surface area (Å²) in [5.74, 6) is 1.06. The van der Waals surface area contributed by atoms with Gasteiger partial charge in [-0.3, -0.25) is 4.79 Å². The Hall–Kier alpha value is -2.38. The zero-order valence-corrected chi connectivity index (χ0v) is 16.6. The lowest BCUT2D eigenvalue weighted by molar-refractivity contribution is -0.115. The van der Waals surface area contributed by atoms with E-state index in [2.05, 4.69) is 10.3 Å². The molecule has 2 aromatic carbocycles. The minimum absolute atomic E-state index is 0.0563. The second-order valence-corrected chi connectivity index (χ2v) is 8.01. The number of methoxy groups -OCH3 is 1. The van der Waals surface area contributed by atoms with Crippen molar-refractivity contribution < 1.29 is 13.9 Å². The number of ether oxygens (including phenoxy) is 1. The molecule has 0 saturated carbocycles. The molecular weight excluding hydrogens is 383 g/mol. The van der Waals surface area contributed by atoms with Crippen LogP contribution in [0.4, 0.5) is 10.1 Å². The summed E-state index contributed by atoms with van der Waals surface area (Å²) >= 11 is 3.04. The molecular formula is C20H19FN2O2S2. The highest BCUT2D eigenvalue weighted by Crippen LogP contribution is 2.27. The van der Waals surface area contributed by atoms with Gasteiger partial charge in [0.05, 0.1) is 18.1 Å². The van der Waals surface area contributed by atoms with Crippen LogP contribution in [0.3, 0.4) is 0 Å². The van der Waals surface area contributed by atoms with E-state index in [1.54, 1.807) is 31.4 Å². The van der Waals surface area contributed by atoms with Crippen LogP contribution < -0.4 is 10.1 Å². The summed E-state index contributed by atoms with van der Waals surface area (Å²) in [5.41, 5.74) is 2.54. The summed E-state index contributed by atoms with van der Waals surface area (Å²) in [7, 11) is 1.60. The fourth-order valence-corrected chi connectivity index (χ4v) is 4.01. The van der Waals surface area contributed by atoms with Crippen LogP contribution in [-0.2, 0) is 10.5 Å². The highest BCUT2D eigenvalue weighted by atomic mass is 32.2. The Labute approximate surface area is 165 Å². The van der Waals surface area contributed by atoms with Crippen LogP contribution in [0.1, 0.15) is 12.6 Å². The van der Waals surface area contributed by atoms with Gasteiger partial charge in [0.15, 0.2) is 0 Å². The quantitative estimate of drug-likeness (QED) is 0.589. The maximum Gasteiger partial charge on any atom is 0.237 e. The predicted molar refractivity (Wildman–Crippen MR) is 110 cm³/mol. The number of nitrogens with zero attached hydrogens (tertiary/aromatic N) is 1. The first-order valence-electron chi connectivity index (χ1n) is 8.32. The number of carbonyl (C=O) groups is 1. The van der Waals surface area contributed by atoms with E-state index < -0.39 is 0 Å². The number of nitrogens with one attached hydrogen (secondary N) is 1. The van der Waals surface area contributed by atoms with Gasteiger partial charge in [-0.05, 0) is 55.5 Å². The Morgan fingerprint density at radius 2 is 1.93 bits per heavy atom. The second-order valence-electron chi connectivity index (χ2n) is 5.82. The van der Waals surface area contributed by atoms with Gasteiger partial charge in [-0.15, -0.1) is 23.1 Å². The Morgan fingerprint density at radius 3 is 2.59 bits per heavy atom. The van der Waals surface area contributed by atoms with Crippen LogP contribution in [0.25, 0.3) is 10.6 Å². The SMILES string of the molecule is COc1ccc(NC(=O)C(C)SCc2csc(-c3ccc(F)cc3)n2)cc1. The molecule has 3 aromatic rings. The van der Waals surface area contributed by atoms with Gasteiger partial charge in [0.2, 0.25) is 5.91 Å². The van der Waals surface area contributed by atoms with Crippen molar-refractivity contribution in [2.75, 3.05) is 12.4 Å². The maximum atomic E-state index is 13.0. The molecule has 0 aliphatic heterocycles. The van der Waals surface area contributed by atoms with Gasteiger partial charge < -0.3 is 10.1 Å². The molecule has 7 heteroatoms. The second kappa shape index (κ2) is 9.01. The van der Waals surface area contributed by atoms with Gasteiger partial charge in [-0.2, -0.15) is 0 Å². The van der Waals surface area contributed by atoms with Gasteiger partial charge in [0, 0.05) is 22.4 Å². The summed E-state index contributed by atoms with van der Waals surface area (Å²) in [6, 6.07) is 13.5. The zero-order valence-electron chi connectivity index (χ0n) is 14.9. The fraction of sp³-hybridized carbons (Fsp3) is 0.200.